The van der Waals surface area contributed by atoms with Gasteiger partial charge in [0.05, 0.1) is 5.56 Å². The number of ketones is 2. The summed E-state index contributed by atoms with van der Waals surface area (Å²) in [6.07, 6.45) is 0.437. The number of phenols is 1. The summed E-state index contributed by atoms with van der Waals surface area (Å²) in [5.74, 6) is -1.84. The van der Waals surface area contributed by atoms with E-state index < -0.39 is 5.97 Å². The van der Waals surface area contributed by atoms with Gasteiger partial charge in [0, 0.05) is 23.1 Å². The number of carboxylic acid groups (broad SMARTS) is 1. The minimum absolute atomic E-state index is 0.0217. The van der Waals surface area contributed by atoms with Gasteiger partial charge in [-0.25, -0.2) is 0 Å². The summed E-state index contributed by atoms with van der Waals surface area (Å²) < 4.78 is 0. The molecule has 5 heteroatoms. The third-order valence-corrected chi connectivity index (χ3v) is 3.40. The van der Waals surface area contributed by atoms with E-state index in [1.54, 1.807) is 6.92 Å². The van der Waals surface area contributed by atoms with Gasteiger partial charge in [-0.15, -0.1) is 0 Å². The number of phenolic OH excluding ortho intramolecular Hbond substituents is 1. The average Bonchev–Trinajstić information content (AvgIpc) is 2.39. The van der Waals surface area contributed by atoms with Crippen LogP contribution in [-0.4, -0.2) is 27.7 Å². The van der Waals surface area contributed by atoms with E-state index >= 15 is 0 Å². The highest BCUT2D eigenvalue weighted by Crippen LogP contribution is 2.33. The summed E-state index contributed by atoms with van der Waals surface area (Å²) in [5, 5.41) is 18.4. The van der Waals surface area contributed by atoms with Gasteiger partial charge < -0.3 is 10.2 Å². The first-order valence-corrected chi connectivity index (χ1v) is 6.26. The van der Waals surface area contributed by atoms with Crippen molar-refractivity contribution in [2.45, 2.75) is 26.2 Å². The molecular formula is C15H14O5. The lowest BCUT2D eigenvalue weighted by molar-refractivity contribution is -0.137. The fourth-order valence-corrected chi connectivity index (χ4v) is 2.35. The van der Waals surface area contributed by atoms with E-state index in [0.29, 0.717) is 11.1 Å². The van der Waals surface area contributed by atoms with E-state index in [-0.39, 0.29) is 47.7 Å². The minimum atomic E-state index is -0.943. The van der Waals surface area contributed by atoms with Crippen LogP contribution in [0, 0.1) is 0 Å². The maximum absolute atomic E-state index is 12.4. The molecule has 1 aliphatic rings. The highest BCUT2D eigenvalue weighted by molar-refractivity contribution is 6.27. The van der Waals surface area contributed by atoms with Crippen molar-refractivity contribution in [3.63, 3.8) is 0 Å². The molecule has 0 aromatic heterocycles. The van der Waals surface area contributed by atoms with Crippen molar-refractivity contribution in [1.29, 1.82) is 0 Å². The van der Waals surface area contributed by atoms with Crippen LogP contribution in [0.1, 0.15) is 46.9 Å². The zero-order valence-corrected chi connectivity index (χ0v) is 11.0. The quantitative estimate of drug-likeness (QED) is 0.879. The summed E-state index contributed by atoms with van der Waals surface area (Å²) in [5.41, 5.74) is 0.853. The van der Waals surface area contributed by atoms with Crippen LogP contribution >= 0.6 is 0 Å². The van der Waals surface area contributed by atoms with Gasteiger partial charge in [0.25, 0.3) is 0 Å². The molecule has 1 aliphatic carbocycles. The Morgan fingerprint density at radius 1 is 1.20 bits per heavy atom. The molecule has 0 fully saturated rings. The molecule has 0 radical (unpaired) electrons. The Morgan fingerprint density at radius 2 is 1.90 bits per heavy atom. The number of carbonyl (C=O) groups is 3. The van der Waals surface area contributed by atoms with Crippen molar-refractivity contribution in [3.05, 3.63) is 40.5 Å². The first-order chi connectivity index (χ1) is 9.43. The molecule has 0 spiro atoms. The number of hydrogen-bond acceptors (Lipinski definition) is 4. The maximum Gasteiger partial charge on any atom is 0.303 e. The lowest BCUT2D eigenvalue weighted by Gasteiger charge is -2.19. The molecule has 0 bridgehead atoms. The van der Waals surface area contributed by atoms with Gasteiger partial charge in [-0.1, -0.05) is 12.1 Å². The number of fused-ring (bicyclic) bond motifs is 1. The Hall–Kier alpha value is -2.43. The Bertz CT molecular complexity index is 640. The van der Waals surface area contributed by atoms with E-state index in [1.807, 2.05) is 0 Å². The predicted molar refractivity (Wildman–Crippen MR) is 71.0 cm³/mol. The molecule has 2 N–H and O–H groups in total. The monoisotopic (exact) mass is 274 g/mol. The van der Waals surface area contributed by atoms with Gasteiger partial charge in [0.2, 0.25) is 0 Å². The zero-order chi connectivity index (χ0) is 14.9. The molecular weight excluding hydrogens is 260 g/mol. The number of allylic oxidation sites excluding steroid dienone is 2. The molecule has 0 heterocycles. The largest absolute Gasteiger partial charge is 0.507 e. The standard InChI is InChI=1S/C15H14O5/c1-8-9(4-3-7-12(17)18)15(20)13-10(14(8)19)5-2-6-11(13)16/h2,5-6,16H,3-4,7H2,1H3,(H,17,18). The van der Waals surface area contributed by atoms with Gasteiger partial charge >= 0.3 is 5.97 Å². The molecule has 0 atom stereocenters. The number of hydrogen-bond donors (Lipinski definition) is 2. The smallest absolute Gasteiger partial charge is 0.303 e. The second-order valence-corrected chi connectivity index (χ2v) is 4.71. The van der Waals surface area contributed by atoms with Gasteiger partial charge in [-0.05, 0) is 25.8 Å². The molecule has 20 heavy (non-hydrogen) atoms. The minimum Gasteiger partial charge on any atom is -0.507 e. The third kappa shape index (κ3) is 2.34. The van der Waals surface area contributed by atoms with Crippen molar-refractivity contribution in [2.75, 3.05) is 0 Å². The van der Waals surface area contributed by atoms with Crippen LogP contribution in [-0.2, 0) is 4.79 Å². The van der Waals surface area contributed by atoms with Gasteiger partial charge in [0.15, 0.2) is 11.6 Å². The normalized spacial score (nSPS) is 14.4. The van der Waals surface area contributed by atoms with Crippen LogP contribution in [0.25, 0.3) is 0 Å². The van der Waals surface area contributed by atoms with Crippen molar-refractivity contribution in [3.8, 4) is 5.75 Å². The SMILES string of the molecule is CC1=C(CCCC(=O)O)C(=O)c2c(O)cccc2C1=O. The van der Waals surface area contributed by atoms with E-state index in [1.165, 1.54) is 18.2 Å². The number of carbonyl (C=O) groups excluding carboxylic acids is 2. The van der Waals surface area contributed by atoms with Crippen LogP contribution in [0.15, 0.2) is 29.3 Å². The summed E-state index contributed by atoms with van der Waals surface area (Å²) in [4.78, 5) is 35.0. The predicted octanol–water partition coefficient (Wildman–Crippen LogP) is 2.34. The highest BCUT2D eigenvalue weighted by Gasteiger charge is 2.31. The Labute approximate surface area is 115 Å². The third-order valence-electron chi connectivity index (χ3n) is 3.40. The number of benzene rings is 1. The molecule has 2 rings (SSSR count). The molecule has 5 nitrogen and oxygen atoms in total. The maximum atomic E-state index is 12.4. The first kappa shape index (κ1) is 14.0. The fourth-order valence-electron chi connectivity index (χ4n) is 2.35. The van der Waals surface area contributed by atoms with Crippen molar-refractivity contribution >= 4 is 17.5 Å². The Morgan fingerprint density at radius 3 is 2.55 bits per heavy atom. The fraction of sp³-hybridized carbons (Fsp3) is 0.267. The number of carboxylic acids is 1. The van der Waals surface area contributed by atoms with Gasteiger partial charge in [0.1, 0.15) is 5.75 Å². The van der Waals surface area contributed by atoms with Crippen LogP contribution in [0.2, 0.25) is 0 Å². The molecule has 0 saturated carbocycles. The molecule has 1 aromatic rings. The average molecular weight is 274 g/mol. The zero-order valence-electron chi connectivity index (χ0n) is 11.0. The highest BCUT2D eigenvalue weighted by atomic mass is 16.4. The van der Waals surface area contributed by atoms with Gasteiger partial charge in [-0.2, -0.15) is 0 Å². The van der Waals surface area contributed by atoms with E-state index in [9.17, 15) is 19.5 Å². The van der Waals surface area contributed by atoms with E-state index in [4.69, 9.17) is 5.11 Å². The molecule has 104 valence electrons. The van der Waals surface area contributed by atoms with Crippen LogP contribution in [0.3, 0.4) is 0 Å². The number of rotatable bonds is 4. The first-order valence-electron chi connectivity index (χ1n) is 6.26. The Kier molecular flexibility index (Phi) is 3.70. The van der Waals surface area contributed by atoms with Crippen molar-refractivity contribution in [1.82, 2.24) is 0 Å². The van der Waals surface area contributed by atoms with E-state index in [0.717, 1.165) is 0 Å². The lowest BCUT2D eigenvalue weighted by atomic mass is 9.82. The number of Topliss-reactive ketones (excluding diaryl/α,β-unsaturated/α-hetero) is 2. The summed E-state index contributed by atoms with van der Waals surface area (Å²) in [6.45, 7) is 1.56. The summed E-state index contributed by atoms with van der Waals surface area (Å²) >= 11 is 0. The van der Waals surface area contributed by atoms with Crippen LogP contribution in [0.5, 0.6) is 5.75 Å². The van der Waals surface area contributed by atoms with Crippen molar-refractivity contribution < 1.29 is 24.6 Å². The molecule has 0 amide bonds. The number of aliphatic carboxylic acids is 1. The molecule has 0 unspecified atom stereocenters. The molecule has 0 aliphatic heterocycles. The van der Waals surface area contributed by atoms with Crippen LogP contribution < -0.4 is 0 Å². The van der Waals surface area contributed by atoms with E-state index in [2.05, 4.69) is 0 Å². The molecule has 0 saturated heterocycles. The topological polar surface area (TPSA) is 91.7 Å². The van der Waals surface area contributed by atoms with Crippen molar-refractivity contribution in [2.24, 2.45) is 0 Å². The second-order valence-electron chi connectivity index (χ2n) is 4.71. The summed E-state index contributed by atoms with van der Waals surface area (Å²) in [7, 11) is 0. The number of aromatic hydroxyl groups is 1. The lowest BCUT2D eigenvalue weighted by Crippen LogP contribution is -2.21. The van der Waals surface area contributed by atoms with Gasteiger partial charge in [-0.3, -0.25) is 14.4 Å². The Balaban J connectivity index is 2.37. The summed E-state index contributed by atoms with van der Waals surface area (Å²) in [6, 6.07) is 4.38. The second kappa shape index (κ2) is 5.28. The molecule has 1 aromatic carbocycles. The van der Waals surface area contributed by atoms with Crippen LogP contribution in [0.4, 0.5) is 0 Å².